The van der Waals surface area contributed by atoms with Gasteiger partial charge >= 0.3 is 6.18 Å². The molecule has 0 spiro atoms. The van der Waals surface area contributed by atoms with E-state index >= 15 is 0 Å². The standard InChI is InChI=1S/C22H16F4N8O/c1-35-21-13(6-7-17(30-21)22(24,25)26)14-10-33(20-18(14)19(27)28-11-29-20)8-12-9-34(32-31-12)16-5-3-2-4-15(16)23/h2-7,9-11H,8H2,1H3,(H2,27,28,29). The summed E-state index contributed by atoms with van der Waals surface area (Å²) in [5.41, 5.74) is 6.85. The Bertz CT molecular complexity index is 1540. The summed E-state index contributed by atoms with van der Waals surface area (Å²) >= 11 is 0. The van der Waals surface area contributed by atoms with Gasteiger partial charge in [-0.1, -0.05) is 17.3 Å². The zero-order chi connectivity index (χ0) is 24.7. The van der Waals surface area contributed by atoms with E-state index in [2.05, 4.69) is 25.3 Å². The number of fused-ring (bicyclic) bond motifs is 1. The van der Waals surface area contributed by atoms with E-state index in [-0.39, 0.29) is 29.5 Å². The number of benzene rings is 1. The number of nitrogen functional groups attached to an aromatic ring is 1. The Morgan fingerprint density at radius 1 is 1.03 bits per heavy atom. The number of para-hydroxylation sites is 1. The zero-order valence-electron chi connectivity index (χ0n) is 18.0. The van der Waals surface area contributed by atoms with Gasteiger partial charge in [-0.2, -0.15) is 13.2 Å². The van der Waals surface area contributed by atoms with E-state index in [1.165, 1.54) is 30.3 Å². The Kier molecular flexibility index (Phi) is 5.30. The van der Waals surface area contributed by atoms with Gasteiger partial charge in [0.1, 0.15) is 40.7 Å². The van der Waals surface area contributed by atoms with Crippen LogP contribution < -0.4 is 10.5 Å². The van der Waals surface area contributed by atoms with Crippen molar-refractivity contribution < 1.29 is 22.3 Å². The summed E-state index contributed by atoms with van der Waals surface area (Å²) in [4.78, 5) is 11.9. The quantitative estimate of drug-likeness (QED) is 0.377. The third kappa shape index (κ3) is 4.00. The van der Waals surface area contributed by atoms with E-state index in [4.69, 9.17) is 10.5 Å². The molecule has 2 N–H and O–H groups in total. The highest BCUT2D eigenvalue weighted by Crippen LogP contribution is 2.39. The van der Waals surface area contributed by atoms with E-state index < -0.39 is 17.7 Å². The Labute approximate surface area is 194 Å². The number of hydrogen-bond acceptors (Lipinski definition) is 7. The van der Waals surface area contributed by atoms with Crippen LogP contribution in [0.4, 0.5) is 23.4 Å². The molecular formula is C22H16F4N8O. The fourth-order valence-corrected chi connectivity index (χ4v) is 3.73. The van der Waals surface area contributed by atoms with Gasteiger partial charge in [-0.3, -0.25) is 0 Å². The first-order valence-electron chi connectivity index (χ1n) is 10.1. The maximum absolute atomic E-state index is 14.1. The lowest BCUT2D eigenvalue weighted by Crippen LogP contribution is -2.09. The fraction of sp³-hybridized carbons (Fsp3) is 0.136. The summed E-state index contributed by atoms with van der Waals surface area (Å²) in [7, 11) is 1.23. The van der Waals surface area contributed by atoms with E-state index in [0.29, 0.717) is 22.3 Å². The minimum absolute atomic E-state index is 0.126. The number of ether oxygens (including phenoxy) is 1. The second-order valence-electron chi connectivity index (χ2n) is 7.49. The van der Waals surface area contributed by atoms with Crippen LogP contribution in [0.2, 0.25) is 0 Å². The molecule has 0 aliphatic rings. The predicted molar refractivity (Wildman–Crippen MR) is 117 cm³/mol. The third-order valence-electron chi connectivity index (χ3n) is 5.29. The second kappa shape index (κ2) is 8.34. The van der Waals surface area contributed by atoms with Gasteiger partial charge in [0, 0.05) is 17.3 Å². The highest BCUT2D eigenvalue weighted by Gasteiger charge is 2.33. The second-order valence-corrected chi connectivity index (χ2v) is 7.49. The topological polar surface area (TPSA) is 110 Å². The molecule has 5 rings (SSSR count). The fourth-order valence-electron chi connectivity index (χ4n) is 3.73. The van der Waals surface area contributed by atoms with Crippen LogP contribution in [0.3, 0.4) is 0 Å². The van der Waals surface area contributed by atoms with Gasteiger partial charge in [0.15, 0.2) is 0 Å². The van der Waals surface area contributed by atoms with Crippen LogP contribution in [0.15, 0.2) is 55.1 Å². The number of methoxy groups -OCH3 is 1. The summed E-state index contributed by atoms with van der Waals surface area (Å²) < 4.78 is 61.7. The predicted octanol–water partition coefficient (Wildman–Crippen LogP) is 3.87. The van der Waals surface area contributed by atoms with Crippen molar-refractivity contribution in [1.82, 2.24) is 34.5 Å². The number of nitrogens with zero attached hydrogens (tertiary/aromatic N) is 7. The Morgan fingerprint density at radius 2 is 1.83 bits per heavy atom. The summed E-state index contributed by atoms with van der Waals surface area (Å²) in [5, 5.41) is 8.50. The average molecular weight is 484 g/mol. The molecule has 0 radical (unpaired) electrons. The first kappa shape index (κ1) is 22.3. The van der Waals surface area contributed by atoms with Crippen LogP contribution in [-0.2, 0) is 12.7 Å². The molecule has 0 saturated carbocycles. The first-order chi connectivity index (χ1) is 16.8. The molecule has 0 amide bonds. The maximum Gasteiger partial charge on any atom is 0.433 e. The number of pyridine rings is 1. The van der Waals surface area contributed by atoms with Gasteiger partial charge in [0.25, 0.3) is 0 Å². The van der Waals surface area contributed by atoms with Crippen LogP contribution >= 0.6 is 0 Å². The van der Waals surface area contributed by atoms with Crippen LogP contribution in [0.25, 0.3) is 27.8 Å². The monoisotopic (exact) mass is 484 g/mol. The molecule has 35 heavy (non-hydrogen) atoms. The molecular weight excluding hydrogens is 468 g/mol. The number of nitrogens with two attached hydrogens (primary N) is 1. The van der Waals surface area contributed by atoms with Crippen molar-refractivity contribution in [3.63, 3.8) is 0 Å². The smallest absolute Gasteiger partial charge is 0.433 e. The van der Waals surface area contributed by atoms with Crippen LogP contribution in [0.5, 0.6) is 5.88 Å². The van der Waals surface area contributed by atoms with E-state index in [0.717, 1.165) is 6.07 Å². The van der Waals surface area contributed by atoms with Crippen LogP contribution in [0.1, 0.15) is 11.4 Å². The van der Waals surface area contributed by atoms with Crippen LogP contribution in [0, 0.1) is 5.82 Å². The normalized spacial score (nSPS) is 11.8. The highest BCUT2D eigenvalue weighted by atomic mass is 19.4. The molecule has 0 aliphatic heterocycles. The number of anilines is 1. The first-order valence-corrected chi connectivity index (χ1v) is 10.1. The molecule has 13 heteroatoms. The minimum atomic E-state index is -4.63. The number of alkyl halides is 3. The molecule has 1 aromatic carbocycles. The van der Waals surface area contributed by atoms with Crippen molar-refractivity contribution in [2.24, 2.45) is 0 Å². The molecule has 0 fully saturated rings. The molecule has 4 aromatic heterocycles. The number of rotatable bonds is 5. The van der Waals surface area contributed by atoms with Gasteiger partial charge in [0.2, 0.25) is 5.88 Å². The van der Waals surface area contributed by atoms with Crippen molar-refractivity contribution in [3.8, 4) is 22.7 Å². The molecule has 0 unspecified atom stereocenters. The molecule has 0 atom stereocenters. The van der Waals surface area contributed by atoms with Crippen molar-refractivity contribution in [2.45, 2.75) is 12.7 Å². The Balaban J connectivity index is 1.59. The third-order valence-corrected chi connectivity index (χ3v) is 5.29. The number of halogens is 4. The van der Waals surface area contributed by atoms with Crippen LogP contribution in [-0.4, -0.2) is 41.6 Å². The van der Waals surface area contributed by atoms with Crippen molar-refractivity contribution in [3.05, 3.63) is 72.3 Å². The summed E-state index contributed by atoms with van der Waals surface area (Å²) in [6.45, 7) is 0.164. The molecule has 5 aromatic rings. The molecule has 0 bridgehead atoms. The van der Waals surface area contributed by atoms with Gasteiger partial charge in [-0.25, -0.2) is 24.0 Å². The number of aromatic nitrogens is 7. The lowest BCUT2D eigenvalue weighted by atomic mass is 10.1. The summed E-state index contributed by atoms with van der Waals surface area (Å²) in [6, 6.07) is 8.24. The average Bonchev–Trinajstić information content (AvgIpc) is 3.44. The SMILES string of the molecule is COc1nc(C(F)(F)F)ccc1-c1cn(Cc2cn(-c3ccccc3F)nn2)c2ncnc(N)c12. The van der Waals surface area contributed by atoms with Gasteiger partial charge in [0.05, 0.1) is 25.2 Å². The van der Waals surface area contributed by atoms with Crippen molar-refractivity contribution in [2.75, 3.05) is 12.8 Å². The Morgan fingerprint density at radius 3 is 2.57 bits per heavy atom. The molecule has 0 saturated heterocycles. The van der Waals surface area contributed by atoms with E-state index in [1.807, 2.05) is 0 Å². The molecule has 0 aliphatic carbocycles. The Hall–Kier alpha value is -4.55. The number of hydrogen-bond donors (Lipinski definition) is 1. The van der Waals surface area contributed by atoms with E-state index in [9.17, 15) is 17.6 Å². The lowest BCUT2D eigenvalue weighted by Gasteiger charge is -2.11. The maximum atomic E-state index is 14.1. The van der Waals surface area contributed by atoms with Crippen molar-refractivity contribution in [1.29, 1.82) is 0 Å². The van der Waals surface area contributed by atoms with Gasteiger partial charge in [-0.05, 0) is 24.3 Å². The van der Waals surface area contributed by atoms with Crippen molar-refractivity contribution >= 4 is 16.9 Å². The summed E-state index contributed by atoms with van der Waals surface area (Å²) in [6.07, 6.45) is -0.151. The lowest BCUT2D eigenvalue weighted by molar-refractivity contribution is -0.141. The largest absolute Gasteiger partial charge is 0.481 e. The highest BCUT2D eigenvalue weighted by molar-refractivity contribution is 6.01. The molecule has 178 valence electrons. The van der Waals surface area contributed by atoms with E-state index in [1.54, 1.807) is 35.2 Å². The molecule has 9 nitrogen and oxygen atoms in total. The van der Waals surface area contributed by atoms with Gasteiger partial charge < -0.3 is 15.0 Å². The summed E-state index contributed by atoms with van der Waals surface area (Å²) in [5.74, 6) is -0.562. The van der Waals surface area contributed by atoms with Gasteiger partial charge in [-0.15, -0.1) is 5.10 Å². The zero-order valence-corrected chi connectivity index (χ0v) is 18.0. The minimum Gasteiger partial charge on any atom is -0.481 e. The molecule has 4 heterocycles.